The van der Waals surface area contributed by atoms with Crippen LogP contribution in [0.1, 0.15) is 90.6 Å². The minimum Gasteiger partial charge on any atom is -0.496 e. The van der Waals surface area contributed by atoms with E-state index in [1.807, 2.05) is 32.9 Å². The molecule has 0 saturated heterocycles. The minimum absolute atomic E-state index is 0.212. The van der Waals surface area contributed by atoms with Gasteiger partial charge in [-0.2, -0.15) is 0 Å². The fourth-order valence-electron chi connectivity index (χ4n) is 5.64. The van der Waals surface area contributed by atoms with Crippen LogP contribution < -0.4 is 34.8 Å². The summed E-state index contributed by atoms with van der Waals surface area (Å²) < 4.78 is 35.2. The lowest BCUT2D eigenvalue weighted by Crippen LogP contribution is -2.38. The van der Waals surface area contributed by atoms with Crippen molar-refractivity contribution in [1.82, 2.24) is 4.72 Å². The molecule has 0 aliphatic heterocycles. The Morgan fingerprint density at radius 3 is 1.47 bits per heavy atom. The Balaban J connectivity index is 2.18. The van der Waals surface area contributed by atoms with Crippen molar-refractivity contribution < 1.29 is 18.4 Å². The second-order valence-corrected chi connectivity index (χ2v) is 19.0. The number of rotatable bonds is 10. The zero-order valence-electron chi connectivity index (χ0n) is 30.1. The Morgan fingerprint density at radius 2 is 1.09 bits per heavy atom. The van der Waals surface area contributed by atoms with Crippen LogP contribution in [0.4, 0.5) is 0 Å². The van der Waals surface area contributed by atoms with Crippen LogP contribution in [0.15, 0.2) is 84.9 Å². The molecule has 0 aliphatic carbocycles. The molecule has 47 heavy (non-hydrogen) atoms. The number of methoxy groups -OCH3 is 3. The Morgan fingerprint density at radius 1 is 0.638 bits per heavy atom. The Labute approximate surface area is 286 Å². The largest absolute Gasteiger partial charge is 0.496 e. The molecule has 4 aromatic carbocycles. The quantitative estimate of drug-likeness (QED) is 0.173. The van der Waals surface area contributed by atoms with Crippen LogP contribution in [0.5, 0.6) is 17.2 Å². The molecule has 1 N–H and O–H groups in total. The van der Waals surface area contributed by atoms with Gasteiger partial charge in [0.15, 0.2) is 11.5 Å². The molecule has 252 valence electrons. The van der Waals surface area contributed by atoms with Gasteiger partial charge in [-0.15, -0.1) is 0 Å². The maximum atomic E-state index is 14.1. The first kappa shape index (κ1) is 36.7. The minimum atomic E-state index is -1.40. The van der Waals surface area contributed by atoms with Crippen LogP contribution in [0.3, 0.4) is 0 Å². The summed E-state index contributed by atoms with van der Waals surface area (Å²) in [5.41, 5.74) is 3.79. The van der Waals surface area contributed by atoms with Crippen molar-refractivity contribution in [1.29, 1.82) is 0 Å². The molecule has 0 fully saturated rings. The Kier molecular flexibility index (Phi) is 11.3. The van der Waals surface area contributed by atoms with Crippen LogP contribution >= 0.6 is 7.92 Å². The predicted octanol–water partition coefficient (Wildman–Crippen LogP) is 8.21. The van der Waals surface area contributed by atoms with Crippen molar-refractivity contribution in [3.63, 3.8) is 0 Å². The number of nitrogens with one attached hydrogen (secondary N) is 1. The van der Waals surface area contributed by atoms with Gasteiger partial charge in [-0.25, -0.2) is 8.93 Å². The molecule has 4 rings (SSSR count). The highest BCUT2D eigenvalue weighted by molar-refractivity contribution is 7.84. The van der Waals surface area contributed by atoms with Gasteiger partial charge in [-0.3, -0.25) is 0 Å². The third-order valence-corrected chi connectivity index (χ3v) is 12.2. The highest BCUT2D eigenvalue weighted by Gasteiger charge is 2.34. The smallest absolute Gasteiger partial charge is 0.161 e. The van der Waals surface area contributed by atoms with E-state index in [9.17, 15) is 4.21 Å². The van der Waals surface area contributed by atoms with Crippen LogP contribution in [0.2, 0.25) is 0 Å². The summed E-state index contributed by atoms with van der Waals surface area (Å²) in [6.07, 6.45) is 0. The van der Waals surface area contributed by atoms with Crippen LogP contribution in [-0.4, -0.2) is 30.3 Å². The van der Waals surface area contributed by atoms with Crippen molar-refractivity contribution in [2.24, 2.45) is 0 Å². The monoisotopic (exact) mass is 673 g/mol. The van der Waals surface area contributed by atoms with E-state index in [1.54, 1.807) is 21.3 Å². The van der Waals surface area contributed by atoms with Gasteiger partial charge in [0.05, 0.1) is 43.1 Å². The first-order valence-corrected chi connectivity index (χ1v) is 18.6. The lowest BCUT2D eigenvalue weighted by Gasteiger charge is -2.34. The molecule has 0 spiro atoms. The maximum absolute atomic E-state index is 14.1. The molecule has 0 heterocycles. The zero-order valence-corrected chi connectivity index (χ0v) is 31.9. The second-order valence-electron chi connectivity index (χ2n) is 14.9. The number of hydrogen-bond donors (Lipinski definition) is 1. The molecule has 4 aromatic rings. The lowest BCUT2D eigenvalue weighted by atomic mass is 9.77. The van der Waals surface area contributed by atoms with Gasteiger partial charge in [-0.05, 0) is 90.8 Å². The van der Waals surface area contributed by atoms with Crippen molar-refractivity contribution in [2.45, 2.75) is 83.9 Å². The van der Waals surface area contributed by atoms with E-state index in [-0.39, 0.29) is 10.8 Å². The molecular formula is C40H52NO4PS. The van der Waals surface area contributed by atoms with E-state index in [4.69, 9.17) is 14.2 Å². The molecular weight excluding hydrogens is 621 g/mol. The van der Waals surface area contributed by atoms with Crippen molar-refractivity contribution in [3.05, 3.63) is 107 Å². The van der Waals surface area contributed by atoms with E-state index in [1.165, 1.54) is 10.6 Å². The van der Waals surface area contributed by atoms with Gasteiger partial charge in [0.2, 0.25) is 0 Å². The molecule has 7 heteroatoms. The SMILES string of the molecule is COc1cc([C@@H](NS(=O)C(C)(C)C)c2cc(C(C)(C)C)c(OC)c(C(C)(C)C)c2)c(P(c2ccccc2)c2ccccc2)cc1OC. The van der Waals surface area contributed by atoms with E-state index in [2.05, 4.69) is 119 Å². The second kappa shape index (κ2) is 14.5. The highest BCUT2D eigenvalue weighted by Crippen LogP contribution is 2.45. The van der Waals surface area contributed by atoms with Gasteiger partial charge in [-0.1, -0.05) is 102 Å². The van der Waals surface area contributed by atoms with Crippen molar-refractivity contribution in [3.8, 4) is 17.2 Å². The van der Waals surface area contributed by atoms with Gasteiger partial charge < -0.3 is 14.2 Å². The normalized spacial score (nSPS) is 13.7. The van der Waals surface area contributed by atoms with Gasteiger partial charge in [0.25, 0.3) is 0 Å². The van der Waals surface area contributed by atoms with E-state index >= 15 is 0 Å². The summed E-state index contributed by atoms with van der Waals surface area (Å²) in [6, 6.07) is 29.4. The van der Waals surface area contributed by atoms with Crippen LogP contribution in [-0.2, 0) is 21.8 Å². The summed E-state index contributed by atoms with van der Waals surface area (Å²) in [7, 11) is 2.64. The molecule has 0 saturated carbocycles. The first-order chi connectivity index (χ1) is 22.0. The predicted molar refractivity (Wildman–Crippen MR) is 202 cm³/mol. The maximum Gasteiger partial charge on any atom is 0.161 e. The summed E-state index contributed by atoms with van der Waals surface area (Å²) in [5, 5.41) is 3.51. The Bertz CT molecular complexity index is 1610. The summed E-state index contributed by atoms with van der Waals surface area (Å²) >= 11 is 0. The fraction of sp³-hybridized carbons (Fsp3) is 0.400. The van der Waals surface area contributed by atoms with Crippen LogP contribution in [0, 0.1) is 0 Å². The highest BCUT2D eigenvalue weighted by atomic mass is 32.2. The molecule has 0 aromatic heterocycles. The molecule has 0 aliphatic rings. The molecule has 1 unspecified atom stereocenters. The molecule has 2 atom stereocenters. The van der Waals surface area contributed by atoms with Gasteiger partial charge in [0.1, 0.15) is 5.75 Å². The van der Waals surface area contributed by atoms with E-state index in [0.29, 0.717) is 11.5 Å². The average molecular weight is 674 g/mol. The van der Waals surface area contributed by atoms with Gasteiger partial charge >= 0.3 is 0 Å². The van der Waals surface area contributed by atoms with E-state index < -0.39 is 29.7 Å². The van der Waals surface area contributed by atoms with Crippen molar-refractivity contribution in [2.75, 3.05) is 21.3 Å². The topological polar surface area (TPSA) is 56.8 Å². The van der Waals surface area contributed by atoms with Crippen molar-refractivity contribution >= 4 is 34.8 Å². The first-order valence-electron chi connectivity index (χ1n) is 16.1. The summed E-state index contributed by atoms with van der Waals surface area (Å²) in [5.74, 6) is 2.17. The molecule has 5 nitrogen and oxygen atoms in total. The van der Waals surface area contributed by atoms with E-state index in [0.717, 1.165) is 33.3 Å². The van der Waals surface area contributed by atoms with Gasteiger partial charge in [0, 0.05) is 11.1 Å². The zero-order chi connectivity index (χ0) is 34.7. The summed E-state index contributed by atoms with van der Waals surface area (Å²) in [6.45, 7) is 19.3. The summed E-state index contributed by atoms with van der Waals surface area (Å²) in [4.78, 5) is 0. The third kappa shape index (κ3) is 8.28. The van der Waals surface area contributed by atoms with Crippen LogP contribution in [0.25, 0.3) is 0 Å². The number of ether oxygens (including phenoxy) is 3. The molecule has 0 radical (unpaired) electrons. The number of benzene rings is 4. The molecule has 0 bridgehead atoms. The standard InChI is InChI=1S/C40H52NO4PS/c1-38(2,3)31-23-27(24-32(37(31)45-12)39(4,5)6)36(41-47(42)40(7,8)9)30-25-33(43-10)34(44-11)26-35(30)46(28-19-15-13-16-20-28)29-21-17-14-18-22-29/h13-26,36,41H,1-12H3/t36-,47?/m0/s1. The third-order valence-electron chi connectivity index (χ3n) is 8.16. The average Bonchev–Trinajstić information content (AvgIpc) is 3.02. The molecule has 0 amide bonds. The number of hydrogen-bond acceptors (Lipinski definition) is 4. The fourth-order valence-corrected chi connectivity index (χ4v) is 8.96. The lowest BCUT2D eigenvalue weighted by molar-refractivity contribution is 0.354. The Hall–Kier alpha value is -3.18.